The van der Waals surface area contributed by atoms with Gasteiger partial charge in [0.15, 0.2) is 0 Å². The molecule has 1 aromatic rings. The van der Waals surface area contributed by atoms with Crippen LogP contribution in [0, 0.1) is 23.2 Å². The minimum Gasteiger partial charge on any atom is -0.388 e. The molecule has 3 aliphatic carbocycles. The summed E-state index contributed by atoms with van der Waals surface area (Å²) in [5, 5.41) is 20.4. The van der Waals surface area contributed by atoms with Crippen LogP contribution in [0.1, 0.15) is 84.1 Å². The van der Waals surface area contributed by atoms with Crippen molar-refractivity contribution in [3.05, 3.63) is 65.3 Å². The van der Waals surface area contributed by atoms with Crippen molar-refractivity contribution in [3.8, 4) is 0 Å². The number of aliphatic hydroxyl groups is 2. The highest BCUT2D eigenvalue weighted by molar-refractivity contribution is 7.99. The number of aliphatic hydroxyl groups excluding tert-OH is 2. The molecule has 6 unspecified atom stereocenters. The van der Waals surface area contributed by atoms with Crippen LogP contribution < -0.4 is 0 Å². The number of fused-ring (bicyclic) bond motifs is 1. The predicted molar refractivity (Wildman–Crippen MR) is 145 cm³/mol. The highest BCUT2D eigenvalue weighted by Crippen LogP contribution is 2.59. The maximum Gasteiger partial charge on any atom is 0.0809 e. The number of benzene rings is 1. The van der Waals surface area contributed by atoms with Crippen molar-refractivity contribution >= 4 is 11.8 Å². The molecule has 0 amide bonds. The summed E-state index contributed by atoms with van der Waals surface area (Å²) in [6, 6.07) is 9.11. The van der Waals surface area contributed by atoms with E-state index in [1.807, 2.05) is 11.8 Å². The van der Waals surface area contributed by atoms with E-state index in [-0.39, 0.29) is 0 Å². The summed E-state index contributed by atoms with van der Waals surface area (Å²) in [6.07, 6.45) is 11.0. The highest BCUT2D eigenvalue weighted by atomic mass is 32.2. The lowest BCUT2D eigenvalue weighted by Crippen LogP contribution is -2.36. The van der Waals surface area contributed by atoms with Gasteiger partial charge in [-0.2, -0.15) is 0 Å². The van der Waals surface area contributed by atoms with E-state index in [9.17, 15) is 10.2 Å². The monoisotopic (exact) mass is 480 g/mol. The molecule has 0 spiro atoms. The maximum atomic E-state index is 10.2. The van der Waals surface area contributed by atoms with Crippen molar-refractivity contribution in [2.45, 2.75) is 95.7 Å². The molecule has 34 heavy (non-hydrogen) atoms. The van der Waals surface area contributed by atoms with Gasteiger partial charge in [-0.1, -0.05) is 69.7 Å². The molecule has 2 N–H and O–H groups in total. The Kier molecular flexibility index (Phi) is 8.17. The number of hydrogen-bond acceptors (Lipinski definition) is 3. The lowest BCUT2D eigenvalue weighted by atomic mass is 9.61. The SMILES string of the molecule is C=C1C(O)CC(=CC=C2CCCC3(C)C2CCC3C(C)CSc2cccc(C(C)C)c2)CC1O. The molecule has 2 nitrogen and oxygen atoms in total. The van der Waals surface area contributed by atoms with Gasteiger partial charge in [0.05, 0.1) is 12.2 Å². The van der Waals surface area contributed by atoms with Gasteiger partial charge < -0.3 is 10.2 Å². The van der Waals surface area contributed by atoms with Crippen LogP contribution in [0.5, 0.6) is 0 Å². The molecule has 0 bridgehead atoms. The number of thioether (sulfide) groups is 1. The van der Waals surface area contributed by atoms with Crippen molar-refractivity contribution < 1.29 is 10.2 Å². The quantitative estimate of drug-likeness (QED) is 0.324. The van der Waals surface area contributed by atoms with E-state index in [2.05, 4.69) is 70.7 Å². The Bertz CT molecular complexity index is 929. The largest absolute Gasteiger partial charge is 0.388 e. The molecule has 4 rings (SSSR count). The topological polar surface area (TPSA) is 40.5 Å². The third kappa shape index (κ3) is 5.42. The molecule has 3 aliphatic rings. The second-order valence-electron chi connectivity index (χ2n) is 11.7. The van der Waals surface area contributed by atoms with Gasteiger partial charge in [0.2, 0.25) is 0 Å². The molecule has 3 fully saturated rings. The Hall–Kier alpha value is -1.29. The van der Waals surface area contributed by atoms with E-state index < -0.39 is 12.2 Å². The molecule has 0 aliphatic heterocycles. The van der Waals surface area contributed by atoms with Crippen LogP contribution in [0.3, 0.4) is 0 Å². The van der Waals surface area contributed by atoms with Crippen LogP contribution in [-0.2, 0) is 0 Å². The third-order valence-electron chi connectivity index (χ3n) is 9.06. The Balaban J connectivity index is 1.42. The lowest BCUT2D eigenvalue weighted by Gasteiger charge is -2.44. The van der Waals surface area contributed by atoms with Crippen LogP contribution in [0.2, 0.25) is 0 Å². The Morgan fingerprint density at radius 1 is 1.12 bits per heavy atom. The summed E-state index contributed by atoms with van der Waals surface area (Å²) in [5.41, 5.74) is 5.14. The first-order chi connectivity index (χ1) is 16.2. The fourth-order valence-electron chi connectivity index (χ4n) is 6.95. The van der Waals surface area contributed by atoms with Gasteiger partial charge in [-0.3, -0.25) is 0 Å². The fourth-order valence-corrected chi connectivity index (χ4v) is 8.03. The number of allylic oxidation sites excluding steroid dienone is 3. The molecular weight excluding hydrogens is 436 g/mol. The fraction of sp³-hybridized carbons (Fsp3) is 0.613. The summed E-state index contributed by atoms with van der Waals surface area (Å²) in [4.78, 5) is 1.41. The van der Waals surface area contributed by atoms with Crippen molar-refractivity contribution in [2.24, 2.45) is 23.2 Å². The van der Waals surface area contributed by atoms with Gasteiger partial charge in [-0.15, -0.1) is 11.8 Å². The zero-order valence-corrected chi connectivity index (χ0v) is 22.4. The standard InChI is InChI=1S/C31H44O2S/c1-20(2)25-8-6-10-26(18-25)34-19-21(3)27-13-14-28-24(9-7-15-31(27,28)5)12-11-23-16-29(32)22(4)30(33)17-23/h6,8,10-12,18,20-21,27-30,32-33H,4,7,9,13-17,19H2,1-3,5H3. The second kappa shape index (κ2) is 10.8. The molecule has 3 saturated carbocycles. The van der Waals surface area contributed by atoms with Crippen LogP contribution in [0.4, 0.5) is 0 Å². The van der Waals surface area contributed by atoms with Crippen LogP contribution >= 0.6 is 11.8 Å². The van der Waals surface area contributed by atoms with Gasteiger partial charge in [-0.05, 0) is 97.3 Å². The lowest BCUT2D eigenvalue weighted by molar-refractivity contribution is 0.105. The Labute approximate surface area is 211 Å². The minimum atomic E-state index is -0.611. The molecule has 0 heterocycles. The van der Waals surface area contributed by atoms with Gasteiger partial charge in [0.1, 0.15) is 0 Å². The van der Waals surface area contributed by atoms with Gasteiger partial charge in [-0.25, -0.2) is 0 Å². The molecule has 1 aromatic carbocycles. The van der Waals surface area contributed by atoms with E-state index >= 15 is 0 Å². The average Bonchev–Trinajstić information content (AvgIpc) is 3.17. The van der Waals surface area contributed by atoms with Crippen LogP contribution in [-0.4, -0.2) is 28.2 Å². The predicted octanol–water partition coefficient (Wildman–Crippen LogP) is 7.68. The summed E-state index contributed by atoms with van der Waals surface area (Å²) in [7, 11) is 0. The minimum absolute atomic E-state index is 0.391. The third-order valence-corrected chi connectivity index (χ3v) is 10.3. The summed E-state index contributed by atoms with van der Waals surface area (Å²) in [6.45, 7) is 13.4. The number of rotatable bonds is 6. The maximum absolute atomic E-state index is 10.2. The van der Waals surface area contributed by atoms with E-state index in [1.54, 1.807) is 5.57 Å². The van der Waals surface area contributed by atoms with Crippen molar-refractivity contribution in [2.75, 3.05) is 5.75 Å². The first-order valence-electron chi connectivity index (χ1n) is 13.3. The highest BCUT2D eigenvalue weighted by Gasteiger charge is 2.50. The Morgan fingerprint density at radius 2 is 1.85 bits per heavy atom. The molecule has 0 radical (unpaired) electrons. The zero-order valence-electron chi connectivity index (χ0n) is 21.6. The molecule has 0 saturated heterocycles. The molecule has 6 atom stereocenters. The normalized spacial score (nSPS) is 33.9. The van der Waals surface area contributed by atoms with Gasteiger partial charge >= 0.3 is 0 Å². The van der Waals surface area contributed by atoms with Crippen molar-refractivity contribution in [3.63, 3.8) is 0 Å². The van der Waals surface area contributed by atoms with Gasteiger partial charge in [0.25, 0.3) is 0 Å². The summed E-state index contributed by atoms with van der Waals surface area (Å²) >= 11 is 2.04. The van der Waals surface area contributed by atoms with Crippen molar-refractivity contribution in [1.29, 1.82) is 0 Å². The van der Waals surface area contributed by atoms with E-state index in [0.717, 1.165) is 11.5 Å². The second-order valence-corrected chi connectivity index (χ2v) is 12.8. The molecule has 3 heteroatoms. The van der Waals surface area contributed by atoms with E-state index in [1.165, 1.54) is 48.3 Å². The van der Waals surface area contributed by atoms with Crippen LogP contribution in [0.25, 0.3) is 0 Å². The molecule has 0 aromatic heterocycles. The van der Waals surface area contributed by atoms with E-state index in [0.29, 0.717) is 41.6 Å². The molecule has 186 valence electrons. The zero-order chi connectivity index (χ0) is 24.5. The summed E-state index contributed by atoms with van der Waals surface area (Å²) < 4.78 is 0. The van der Waals surface area contributed by atoms with Gasteiger partial charge in [0, 0.05) is 10.6 Å². The summed E-state index contributed by atoms with van der Waals surface area (Å²) in [5.74, 6) is 3.92. The smallest absolute Gasteiger partial charge is 0.0809 e. The molecular formula is C31H44O2S. The van der Waals surface area contributed by atoms with Crippen LogP contribution in [0.15, 0.2) is 64.6 Å². The average molecular weight is 481 g/mol. The van der Waals surface area contributed by atoms with Crippen molar-refractivity contribution in [1.82, 2.24) is 0 Å². The first kappa shape index (κ1) is 25.8. The number of hydrogen-bond donors (Lipinski definition) is 2. The Morgan fingerprint density at radius 3 is 2.56 bits per heavy atom. The first-order valence-corrected chi connectivity index (χ1v) is 14.3. The van der Waals surface area contributed by atoms with E-state index in [4.69, 9.17) is 0 Å².